The van der Waals surface area contributed by atoms with E-state index in [9.17, 15) is 17.2 Å². The molecule has 0 amide bonds. The topological polar surface area (TPSA) is 73.0 Å². The zero-order valence-corrected chi connectivity index (χ0v) is 9.11. The molecule has 8 heteroatoms. The number of alkyl halides is 2. The van der Waals surface area contributed by atoms with Gasteiger partial charge in [0.2, 0.25) is 0 Å². The zero-order valence-electron chi connectivity index (χ0n) is 7.54. The van der Waals surface area contributed by atoms with Crippen LogP contribution < -0.4 is 5.73 Å². The van der Waals surface area contributed by atoms with Crippen LogP contribution in [0.15, 0.2) is 11.2 Å². The van der Waals surface area contributed by atoms with Gasteiger partial charge in [-0.3, -0.25) is 0 Å². The van der Waals surface area contributed by atoms with Crippen LogP contribution >= 0.6 is 10.7 Å². The van der Waals surface area contributed by atoms with E-state index in [2.05, 4.69) is 4.98 Å². The predicted octanol–water partition coefficient (Wildman–Crippen LogP) is 1.84. The number of hydrogen-bond acceptors (Lipinski definition) is 4. The number of nitrogen functional groups attached to an aromatic ring is 1. The summed E-state index contributed by atoms with van der Waals surface area (Å²) in [7, 11) is 0.774. The van der Waals surface area contributed by atoms with Crippen LogP contribution in [-0.4, -0.2) is 13.4 Å². The molecular formula is C7H7ClF2N2O2S. The van der Waals surface area contributed by atoms with Crippen molar-refractivity contribution in [1.82, 2.24) is 4.98 Å². The summed E-state index contributed by atoms with van der Waals surface area (Å²) in [5.41, 5.74) is 4.23. The third kappa shape index (κ3) is 2.35. The van der Waals surface area contributed by atoms with E-state index in [4.69, 9.17) is 16.4 Å². The van der Waals surface area contributed by atoms with Crippen LogP contribution in [0.3, 0.4) is 0 Å². The van der Waals surface area contributed by atoms with Crippen molar-refractivity contribution in [2.45, 2.75) is 18.4 Å². The molecule has 1 aromatic heterocycles. The average Bonchev–Trinajstić information content (AvgIpc) is 2.00. The van der Waals surface area contributed by atoms with Gasteiger partial charge in [0.05, 0.1) is 5.69 Å². The number of rotatable bonds is 2. The number of aromatic nitrogens is 1. The van der Waals surface area contributed by atoms with Crippen molar-refractivity contribution in [2.24, 2.45) is 0 Å². The quantitative estimate of drug-likeness (QED) is 0.820. The highest BCUT2D eigenvalue weighted by Crippen LogP contribution is 2.32. The molecule has 0 saturated carbocycles. The van der Waals surface area contributed by atoms with Crippen LogP contribution in [0.1, 0.15) is 17.6 Å². The highest BCUT2D eigenvalue weighted by molar-refractivity contribution is 8.13. The van der Waals surface area contributed by atoms with E-state index in [1.807, 2.05) is 0 Å². The van der Waals surface area contributed by atoms with Crippen molar-refractivity contribution < 1.29 is 17.2 Å². The molecular weight excluding hydrogens is 250 g/mol. The van der Waals surface area contributed by atoms with Gasteiger partial charge in [0.1, 0.15) is 0 Å². The standard InChI is InChI=1S/C7H7ClF2N2O2S/c1-3-2-12-7(15(8,13)14)5(11)4(3)6(9)10/h2,6H,11H2,1H3. The first kappa shape index (κ1) is 12.1. The first-order chi connectivity index (χ1) is 6.75. The third-order valence-corrected chi connectivity index (χ3v) is 3.00. The van der Waals surface area contributed by atoms with E-state index in [-0.39, 0.29) is 5.56 Å². The van der Waals surface area contributed by atoms with Gasteiger partial charge in [-0.2, -0.15) is 0 Å². The molecule has 2 N–H and O–H groups in total. The van der Waals surface area contributed by atoms with E-state index >= 15 is 0 Å². The Morgan fingerprint density at radius 1 is 1.53 bits per heavy atom. The fourth-order valence-corrected chi connectivity index (χ4v) is 2.03. The highest BCUT2D eigenvalue weighted by atomic mass is 35.7. The SMILES string of the molecule is Cc1cnc(S(=O)(=O)Cl)c(N)c1C(F)F. The van der Waals surface area contributed by atoms with Crippen LogP contribution in [0.2, 0.25) is 0 Å². The number of nitrogens with two attached hydrogens (primary N) is 1. The van der Waals surface area contributed by atoms with E-state index in [0.29, 0.717) is 0 Å². The van der Waals surface area contributed by atoms with Crippen LogP contribution in [0.4, 0.5) is 14.5 Å². The maximum atomic E-state index is 12.5. The monoisotopic (exact) mass is 256 g/mol. The Balaban J connectivity index is 3.56. The van der Waals surface area contributed by atoms with E-state index < -0.39 is 31.8 Å². The van der Waals surface area contributed by atoms with Crippen molar-refractivity contribution in [3.05, 3.63) is 17.3 Å². The van der Waals surface area contributed by atoms with Crippen molar-refractivity contribution in [3.63, 3.8) is 0 Å². The molecule has 0 spiro atoms. The minimum Gasteiger partial charge on any atom is -0.396 e. The second kappa shape index (κ2) is 3.90. The first-order valence-corrected chi connectivity index (χ1v) is 6.04. The molecule has 0 unspecified atom stereocenters. The number of aryl methyl sites for hydroxylation is 1. The van der Waals surface area contributed by atoms with Gasteiger partial charge >= 0.3 is 0 Å². The van der Waals surface area contributed by atoms with Crippen LogP contribution in [0.25, 0.3) is 0 Å². The number of nitrogens with zero attached hydrogens (tertiary/aromatic N) is 1. The maximum Gasteiger partial charge on any atom is 0.280 e. The lowest BCUT2D eigenvalue weighted by Gasteiger charge is -2.10. The summed E-state index contributed by atoms with van der Waals surface area (Å²) in [6, 6.07) is 0. The molecule has 0 aliphatic heterocycles. The highest BCUT2D eigenvalue weighted by Gasteiger charge is 2.24. The summed E-state index contributed by atoms with van der Waals surface area (Å²) in [4.78, 5) is 3.41. The van der Waals surface area contributed by atoms with Gasteiger partial charge in [0.25, 0.3) is 15.5 Å². The summed E-state index contributed by atoms with van der Waals surface area (Å²) in [6.45, 7) is 1.36. The van der Waals surface area contributed by atoms with Gasteiger partial charge in [0, 0.05) is 22.4 Å². The van der Waals surface area contributed by atoms with Gasteiger partial charge in [-0.25, -0.2) is 22.2 Å². The van der Waals surface area contributed by atoms with Crippen molar-refractivity contribution in [2.75, 3.05) is 5.73 Å². The largest absolute Gasteiger partial charge is 0.396 e. The molecule has 0 bridgehead atoms. The second-order valence-electron chi connectivity index (χ2n) is 2.81. The molecule has 0 aromatic carbocycles. The smallest absolute Gasteiger partial charge is 0.280 e. The molecule has 4 nitrogen and oxygen atoms in total. The molecule has 1 aromatic rings. The molecule has 84 valence electrons. The van der Waals surface area contributed by atoms with Crippen LogP contribution in [0.5, 0.6) is 0 Å². The fourth-order valence-electron chi connectivity index (χ4n) is 1.11. The van der Waals surface area contributed by atoms with Crippen molar-refractivity contribution >= 4 is 25.4 Å². The summed E-state index contributed by atoms with van der Waals surface area (Å²) < 4.78 is 46.9. The van der Waals surface area contributed by atoms with Gasteiger partial charge in [-0.15, -0.1) is 0 Å². The van der Waals surface area contributed by atoms with Crippen LogP contribution in [-0.2, 0) is 9.05 Å². The molecule has 0 aliphatic rings. The van der Waals surface area contributed by atoms with Crippen LogP contribution in [0, 0.1) is 6.92 Å². The van der Waals surface area contributed by atoms with Gasteiger partial charge in [0.15, 0.2) is 5.03 Å². The Morgan fingerprint density at radius 2 is 2.07 bits per heavy atom. The Bertz CT molecular complexity index is 490. The summed E-state index contributed by atoms with van der Waals surface area (Å²) >= 11 is 0. The Labute approximate surface area is 89.5 Å². The van der Waals surface area contributed by atoms with E-state index in [1.165, 1.54) is 6.92 Å². The molecule has 0 radical (unpaired) electrons. The summed E-state index contributed by atoms with van der Waals surface area (Å²) in [6.07, 6.45) is -1.88. The van der Waals surface area contributed by atoms with Crippen molar-refractivity contribution in [3.8, 4) is 0 Å². The molecule has 0 saturated heterocycles. The van der Waals surface area contributed by atoms with Gasteiger partial charge in [-0.1, -0.05) is 0 Å². The lowest BCUT2D eigenvalue weighted by atomic mass is 10.1. The predicted molar refractivity (Wildman–Crippen MR) is 51.4 cm³/mol. The number of pyridine rings is 1. The second-order valence-corrected chi connectivity index (χ2v) is 5.29. The molecule has 1 rings (SSSR count). The Morgan fingerprint density at radius 3 is 2.47 bits per heavy atom. The maximum absolute atomic E-state index is 12.5. The Kier molecular flexibility index (Phi) is 3.15. The van der Waals surface area contributed by atoms with Crippen molar-refractivity contribution in [1.29, 1.82) is 0 Å². The zero-order chi connectivity index (χ0) is 11.8. The normalized spacial score (nSPS) is 12.1. The van der Waals surface area contributed by atoms with E-state index in [0.717, 1.165) is 6.20 Å². The number of anilines is 1. The lowest BCUT2D eigenvalue weighted by molar-refractivity contribution is 0.151. The molecule has 0 fully saturated rings. The van der Waals surface area contributed by atoms with Gasteiger partial charge < -0.3 is 5.73 Å². The van der Waals surface area contributed by atoms with Gasteiger partial charge in [-0.05, 0) is 12.5 Å². The Hall–Kier alpha value is -0.950. The minimum absolute atomic E-state index is 0.117. The molecule has 0 aliphatic carbocycles. The first-order valence-electron chi connectivity index (χ1n) is 3.73. The molecule has 1 heterocycles. The number of hydrogen-bond donors (Lipinski definition) is 1. The lowest BCUT2D eigenvalue weighted by Crippen LogP contribution is -2.07. The van der Waals surface area contributed by atoms with E-state index in [1.54, 1.807) is 0 Å². The summed E-state index contributed by atoms with van der Waals surface area (Å²) in [5.74, 6) is 0. The number of halogens is 3. The summed E-state index contributed by atoms with van der Waals surface area (Å²) in [5, 5.41) is -0.731. The molecule has 15 heavy (non-hydrogen) atoms. The fraction of sp³-hybridized carbons (Fsp3) is 0.286. The molecule has 0 atom stereocenters. The minimum atomic E-state index is -4.20. The average molecular weight is 257 g/mol. The third-order valence-electron chi connectivity index (χ3n) is 1.77.